The van der Waals surface area contributed by atoms with E-state index < -0.39 is 6.10 Å². The largest absolute Gasteiger partial charge is 0.493 e. The smallest absolute Gasteiger partial charge is 0.125 e. The van der Waals surface area contributed by atoms with Crippen molar-refractivity contribution < 1.29 is 14.6 Å². The van der Waals surface area contributed by atoms with Crippen LogP contribution >= 0.6 is 15.9 Å². The molecule has 3 nitrogen and oxygen atoms in total. The van der Waals surface area contributed by atoms with Crippen molar-refractivity contribution in [2.45, 2.75) is 38.9 Å². The summed E-state index contributed by atoms with van der Waals surface area (Å²) in [5.41, 5.74) is 2.27. The lowest BCUT2D eigenvalue weighted by molar-refractivity contribution is -0.0209. The molecule has 0 amide bonds. The van der Waals surface area contributed by atoms with Gasteiger partial charge in [-0.05, 0) is 37.1 Å². The Morgan fingerprint density at radius 3 is 3.00 bits per heavy atom. The number of rotatable bonds is 5. The lowest BCUT2D eigenvalue weighted by Gasteiger charge is -2.20. The molecule has 0 bridgehead atoms. The molecule has 1 aliphatic rings. The molecule has 18 heavy (non-hydrogen) atoms. The number of hydrogen-bond acceptors (Lipinski definition) is 3. The monoisotopic (exact) mass is 314 g/mol. The Bertz CT molecular complexity index is 420. The third-order valence-corrected chi connectivity index (χ3v) is 3.68. The van der Waals surface area contributed by atoms with E-state index in [0.717, 1.165) is 28.8 Å². The van der Waals surface area contributed by atoms with Crippen LogP contribution in [0.5, 0.6) is 5.75 Å². The summed E-state index contributed by atoms with van der Waals surface area (Å²) in [7, 11) is 0. The zero-order chi connectivity index (χ0) is 13.1. The lowest BCUT2D eigenvalue weighted by atomic mass is 10.0. The maximum Gasteiger partial charge on any atom is 0.125 e. The van der Waals surface area contributed by atoms with Gasteiger partial charge in [0, 0.05) is 23.9 Å². The Labute approximate surface area is 116 Å². The Balaban J connectivity index is 2.14. The molecule has 1 aliphatic heterocycles. The van der Waals surface area contributed by atoms with E-state index in [9.17, 15) is 5.11 Å². The summed E-state index contributed by atoms with van der Waals surface area (Å²) in [4.78, 5) is 0. The van der Waals surface area contributed by atoms with Gasteiger partial charge in [-0.1, -0.05) is 15.9 Å². The van der Waals surface area contributed by atoms with Gasteiger partial charge in [-0.2, -0.15) is 0 Å². The van der Waals surface area contributed by atoms with Crippen LogP contribution in [0.3, 0.4) is 0 Å². The quantitative estimate of drug-likeness (QED) is 0.908. The van der Waals surface area contributed by atoms with Crippen molar-refractivity contribution >= 4 is 15.9 Å². The fourth-order valence-corrected chi connectivity index (χ4v) is 2.82. The normalized spacial score (nSPS) is 17.1. The fourth-order valence-electron chi connectivity index (χ4n) is 2.26. The SMILES string of the molecule is CCOC(C)C(O)Cc1cc(Br)cc2c1OCC2. The molecule has 4 heteroatoms. The second kappa shape index (κ2) is 6.04. The zero-order valence-corrected chi connectivity index (χ0v) is 12.4. The van der Waals surface area contributed by atoms with E-state index in [0.29, 0.717) is 13.0 Å². The summed E-state index contributed by atoms with van der Waals surface area (Å²) in [6.45, 7) is 5.18. The molecule has 0 saturated heterocycles. The minimum absolute atomic E-state index is 0.161. The molecule has 0 spiro atoms. The highest BCUT2D eigenvalue weighted by atomic mass is 79.9. The van der Waals surface area contributed by atoms with Crippen molar-refractivity contribution in [3.63, 3.8) is 0 Å². The Hall–Kier alpha value is -0.580. The molecule has 0 saturated carbocycles. The van der Waals surface area contributed by atoms with Crippen LogP contribution in [0.15, 0.2) is 16.6 Å². The number of hydrogen-bond donors (Lipinski definition) is 1. The molecule has 0 radical (unpaired) electrons. The highest BCUT2D eigenvalue weighted by Gasteiger charge is 2.22. The first-order chi connectivity index (χ1) is 8.61. The highest BCUT2D eigenvalue weighted by Crippen LogP contribution is 2.34. The molecule has 2 unspecified atom stereocenters. The van der Waals surface area contributed by atoms with Gasteiger partial charge in [-0.25, -0.2) is 0 Å². The molecule has 0 fully saturated rings. The van der Waals surface area contributed by atoms with Crippen molar-refractivity contribution in [1.82, 2.24) is 0 Å². The van der Waals surface area contributed by atoms with E-state index in [1.54, 1.807) is 0 Å². The number of halogens is 1. The second-order valence-corrected chi connectivity index (χ2v) is 5.50. The number of aliphatic hydroxyl groups excluding tert-OH is 1. The van der Waals surface area contributed by atoms with Gasteiger partial charge in [0.05, 0.1) is 18.8 Å². The molecule has 1 aromatic carbocycles. The molecule has 0 aromatic heterocycles. The van der Waals surface area contributed by atoms with Crippen LogP contribution in [0.1, 0.15) is 25.0 Å². The number of aliphatic hydroxyl groups is 1. The zero-order valence-electron chi connectivity index (χ0n) is 10.8. The van der Waals surface area contributed by atoms with Gasteiger partial charge < -0.3 is 14.6 Å². The van der Waals surface area contributed by atoms with E-state index in [-0.39, 0.29) is 6.10 Å². The van der Waals surface area contributed by atoms with Crippen LogP contribution in [-0.4, -0.2) is 30.5 Å². The minimum atomic E-state index is -0.507. The van der Waals surface area contributed by atoms with Crippen LogP contribution in [0, 0.1) is 0 Å². The summed E-state index contributed by atoms with van der Waals surface area (Å²) in [6, 6.07) is 4.11. The third-order valence-electron chi connectivity index (χ3n) is 3.23. The van der Waals surface area contributed by atoms with Gasteiger partial charge in [0.15, 0.2) is 0 Å². The Morgan fingerprint density at radius 1 is 1.50 bits per heavy atom. The van der Waals surface area contributed by atoms with E-state index in [4.69, 9.17) is 9.47 Å². The Morgan fingerprint density at radius 2 is 2.28 bits per heavy atom. The van der Waals surface area contributed by atoms with E-state index in [1.807, 2.05) is 19.9 Å². The first kappa shape index (κ1) is 13.8. The molecule has 1 N–H and O–H groups in total. The van der Waals surface area contributed by atoms with E-state index >= 15 is 0 Å². The molecule has 0 aliphatic carbocycles. The fraction of sp³-hybridized carbons (Fsp3) is 0.571. The van der Waals surface area contributed by atoms with Crippen molar-refractivity contribution in [3.05, 3.63) is 27.7 Å². The first-order valence-corrected chi connectivity index (χ1v) is 7.15. The van der Waals surface area contributed by atoms with Gasteiger partial charge in [0.1, 0.15) is 5.75 Å². The molecule has 100 valence electrons. The van der Waals surface area contributed by atoms with Crippen LogP contribution in [0.4, 0.5) is 0 Å². The third kappa shape index (κ3) is 3.05. The van der Waals surface area contributed by atoms with E-state index in [1.165, 1.54) is 5.56 Å². The molecular formula is C14H19BrO3. The predicted molar refractivity (Wildman–Crippen MR) is 74.1 cm³/mol. The average molecular weight is 315 g/mol. The van der Waals surface area contributed by atoms with Crippen molar-refractivity contribution in [3.8, 4) is 5.75 Å². The Kier molecular flexibility index (Phi) is 4.65. The lowest BCUT2D eigenvalue weighted by Crippen LogP contribution is -2.28. The summed E-state index contributed by atoms with van der Waals surface area (Å²) in [5, 5.41) is 10.1. The molecule has 1 heterocycles. The van der Waals surface area contributed by atoms with Crippen molar-refractivity contribution in [2.24, 2.45) is 0 Å². The van der Waals surface area contributed by atoms with Gasteiger partial charge in [0.2, 0.25) is 0 Å². The van der Waals surface area contributed by atoms with E-state index in [2.05, 4.69) is 22.0 Å². The molecule has 2 atom stereocenters. The number of ether oxygens (including phenoxy) is 2. The van der Waals surface area contributed by atoms with Crippen LogP contribution in [0.2, 0.25) is 0 Å². The second-order valence-electron chi connectivity index (χ2n) is 4.58. The highest BCUT2D eigenvalue weighted by molar-refractivity contribution is 9.10. The van der Waals surface area contributed by atoms with Gasteiger partial charge in [-0.3, -0.25) is 0 Å². The summed E-state index contributed by atoms with van der Waals surface area (Å²) < 4.78 is 12.1. The summed E-state index contributed by atoms with van der Waals surface area (Å²) in [5.74, 6) is 0.945. The van der Waals surface area contributed by atoms with Crippen molar-refractivity contribution in [1.29, 1.82) is 0 Å². The number of benzene rings is 1. The average Bonchev–Trinajstić information content (AvgIpc) is 2.77. The van der Waals surface area contributed by atoms with Gasteiger partial charge >= 0.3 is 0 Å². The van der Waals surface area contributed by atoms with Gasteiger partial charge in [0.25, 0.3) is 0 Å². The maximum atomic E-state index is 10.1. The molecule has 2 rings (SSSR count). The van der Waals surface area contributed by atoms with Crippen LogP contribution < -0.4 is 4.74 Å². The topological polar surface area (TPSA) is 38.7 Å². The summed E-state index contributed by atoms with van der Waals surface area (Å²) in [6.07, 6.45) is 0.834. The number of fused-ring (bicyclic) bond motifs is 1. The van der Waals surface area contributed by atoms with Gasteiger partial charge in [-0.15, -0.1) is 0 Å². The van der Waals surface area contributed by atoms with Crippen LogP contribution in [-0.2, 0) is 17.6 Å². The predicted octanol–water partition coefficient (Wildman–Crippen LogP) is 2.71. The maximum absolute atomic E-state index is 10.1. The first-order valence-electron chi connectivity index (χ1n) is 6.35. The molecular weight excluding hydrogens is 296 g/mol. The summed E-state index contributed by atoms with van der Waals surface area (Å²) >= 11 is 3.51. The standard InChI is InChI=1S/C14H19BrO3/c1-3-17-9(2)13(16)8-11-7-12(15)6-10-4-5-18-14(10)11/h6-7,9,13,16H,3-5,8H2,1-2H3. The minimum Gasteiger partial charge on any atom is -0.493 e. The van der Waals surface area contributed by atoms with Crippen molar-refractivity contribution in [2.75, 3.05) is 13.2 Å². The van der Waals surface area contributed by atoms with Crippen LogP contribution in [0.25, 0.3) is 0 Å². The molecule has 1 aromatic rings.